The van der Waals surface area contributed by atoms with Gasteiger partial charge in [-0.3, -0.25) is 4.79 Å². The molecular weight excluding hydrogens is 304 g/mol. The van der Waals surface area contributed by atoms with Crippen LogP contribution in [0.3, 0.4) is 0 Å². The molecule has 0 radical (unpaired) electrons. The Morgan fingerprint density at radius 2 is 1.58 bits per heavy atom. The van der Waals surface area contributed by atoms with Crippen LogP contribution in [0.2, 0.25) is 0 Å². The Labute approximate surface area is 142 Å². The Balaban J connectivity index is 2.35. The second kappa shape index (κ2) is 7.68. The summed E-state index contributed by atoms with van der Waals surface area (Å²) in [5.74, 6) is 1.13. The fourth-order valence-corrected chi connectivity index (χ4v) is 2.43. The van der Waals surface area contributed by atoms with E-state index in [1.54, 1.807) is 25.3 Å². The van der Waals surface area contributed by atoms with Gasteiger partial charge in [-0.15, -0.1) is 0 Å². The van der Waals surface area contributed by atoms with Crippen LogP contribution >= 0.6 is 0 Å². The summed E-state index contributed by atoms with van der Waals surface area (Å²) in [5, 5.41) is 0. The van der Waals surface area contributed by atoms with E-state index in [4.69, 9.17) is 14.2 Å². The lowest BCUT2D eigenvalue weighted by Gasteiger charge is -2.14. The molecule has 0 aliphatic carbocycles. The van der Waals surface area contributed by atoms with Crippen LogP contribution in [0.25, 0.3) is 6.08 Å². The van der Waals surface area contributed by atoms with E-state index in [2.05, 4.69) is 6.92 Å². The summed E-state index contributed by atoms with van der Waals surface area (Å²) in [4.78, 5) is 12.6. The molecule has 0 atom stereocenters. The van der Waals surface area contributed by atoms with Crippen molar-refractivity contribution in [1.29, 1.82) is 0 Å². The van der Waals surface area contributed by atoms with Crippen molar-refractivity contribution in [2.45, 2.75) is 13.8 Å². The van der Waals surface area contributed by atoms with Crippen LogP contribution in [0, 0.1) is 13.8 Å². The SMILES string of the molecule is COc1ccc(C(=O)/C=C/c2ccc(C)c(C)c2)c(OC)c1OC. The lowest BCUT2D eigenvalue weighted by Crippen LogP contribution is -2.02. The Bertz CT molecular complexity index is 775. The van der Waals surface area contributed by atoms with Crippen molar-refractivity contribution in [1.82, 2.24) is 0 Å². The fourth-order valence-electron chi connectivity index (χ4n) is 2.43. The van der Waals surface area contributed by atoms with Crippen LogP contribution in [0.15, 0.2) is 36.4 Å². The highest BCUT2D eigenvalue weighted by Gasteiger charge is 2.19. The van der Waals surface area contributed by atoms with Gasteiger partial charge in [0.1, 0.15) is 0 Å². The highest BCUT2D eigenvalue weighted by molar-refractivity contribution is 6.09. The molecule has 0 aliphatic heterocycles. The summed E-state index contributed by atoms with van der Waals surface area (Å²) in [6, 6.07) is 9.44. The topological polar surface area (TPSA) is 44.8 Å². The van der Waals surface area contributed by atoms with Gasteiger partial charge >= 0.3 is 0 Å². The second-order valence-corrected chi connectivity index (χ2v) is 5.42. The van der Waals surface area contributed by atoms with E-state index in [9.17, 15) is 4.79 Å². The number of carbonyl (C=O) groups is 1. The molecule has 2 aromatic carbocycles. The number of carbonyl (C=O) groups excluding carboxylic acids is 1. The van der Waals surface area contributed by atoms with Gasteiger partial charge in [-0.2, -0.15) is 0 Å². The van der Waals surface area contributed by atoms with Gasteiger partial charge in [-0.05, 0) is 48.7 Å². The summed E-state index contributed by atoms with van der Waals surface area (Å²) in [5.41, 5.74) is 3.81. The molecule has 24 heavy (non-hydrogen) atoms. The monoisotopic (exact) mass is 326 g/mol. The van der Waals surface area contributed by atoms with Crippen LogP contribution in [0.1, 0.15) is 27.0 Å². The molecule has 0 aliphatic rings. The van der Waals surface area contributed by atoms with Gasteiger partial charge in [0, 0.05) is 0 Å². The molecule has 0 unspecified atom stereocenters. The van der Waals surface area contributed by atoms with Crippen molar-refractivity contribution >= 4 is 11.9 Å². The quantitative estimate of drug-likeness (QED) is 0.589. The minimum Gasteiger partial charge on any atom is -0.493 e. The van der Waals surface area contributed by atoms with Crippen LogP contribution in [0.5, 0.6) is 17.2 Å². The Morgan fingerprint density at radius 3 is 2.17 bits per heavy atom. The molecule has 0 fully saturated rings. The first kappa shape index (κ1) is 17.6. The van der Waals surface area contributed by atoms with E-state index in [0.29, 0.717) is 22.8 Å². The van der Waals surface area contributed by atoms with Gasteiger partial charge in [0.05, 0.1) is 26.9 Å². The molecule has 0 N–H and O–H groups in total. The molecule has 0 spiro atoms. The number of benzene rings is 2. The summed E-state index contributed by atoms with van der Waals surface area (Å²) >= 11 is 0. The Morgan fingerprint density at radius 1 is 0.875 bits per heavy atom. The minimum absolute atomic E-state index is 0.161. The second-order valence-electron chi connectivity index (χ2n) is 5.42. The maximum Gasteiger partial charge on any atom is 0.204 e. The molecule has 0 saturated carbocycles. The number of ketones is 1. The number of rotatable bonds is 6. The van der Waals surface area contributed by atoms with Crippen molar-refractivity contribution in [3.63, 3.8) is 0 Å². The fraction of sp³-hybridized carbons (Fsp3) is 0.250. The molecule has 4 heteroatoms. The highest BCUT2D eigenvalue weighted by atomic mass is 16.5. The zero-order valence-electron chi connectivity index (χ0n) is 14.7. The van der Waals surface area contributed by atoms with Gasteiger partial charge in [-0.25, -0.2) is 0 Å². The average molecular weight is 326 g/mol. The number of hydrogen-bond acceptors (Lipinski definition) is 4. The predicted molar refractivity (Wildman–Crippen MR) is 95.4 cm³/mol. The van der Waals surface area contributed by atoms with Crippen molar-refractivity contribution in [3.8, 4) is 17.2 Å². The van der Waals surface area contributed by atoms with Crippen LogP contribution < -0.4 is 14.2 Å². The van der Waals surface area contributed by atoms with Crippen molar-refractivity contribution in [3.05, 3.63) is 58.7 Å². The number of aryl methyl sites for hydroxylation is 2. The lowest BCUT2D eigenvalue weighted by molar-refractivity contribution is 0.104. The maximum atomic E-state index is 12.6. The van der Waals surface area contributed by atoms with Crippen LogP contribution in [-0.4, -0.2) is 27.1 Å². The highest BCUT2D eigenvalue weighted by Crippen LogP contribution is 2.40. The van der Waals surface area contributed by atoms with Crippen LogP contribution in [0.4, 0.5) is 0 Å². The first-order chi connectivity index (χ1) is 11.5. The minimum atomic E-state index is -0.161. The van der Waals surface area contributed by atoms with Gasteiger partial charge in [0.2, 0.25) is 5.75 Å². The van der Waals surface area contributed by atoms with E-state index in [-0.39, 0.29) is 5.78 Å². The van der Waals surface area contributed by atoms with Crippen LogP contribution in [-0.2, 0) is 0 Å². The maximum absolute atomic E-state index is 12.6. The van der Waals surface area contributed by atoms with E-state index in [0.717, 1.165) is 5.56 Å². The summed E-state index contributed by atoms with van der Waals surface area (Å²) in [6.07, 6.45) is 3.33. The normalized spacial score (nSPS) is 10.7. The third-order valence-electron chi connectivity index (χ3n) is 3.93. The molecule has 0 saturated heterocycles. The van der Waals surface area contributed by atoms with Gasteiger partial charge < -0.3 is 14.2 Å². The standard InChI is InChI=1S/C20H22O4/c1-13-6-7-15(12-14(13)2)8-10-17(21)16-9-11-18(22-3)20(24-5)19(16)23-4/h6-12H,1-5H3/b10-8+. The molecule has 4 nitrogen and oxygen atoms in total. The summed E-state index contributed by atoms with van der Waals surface area (Å²) in [7, 11) is 4.55. The zero-order chi connectivity index (χ0) is 17.7. The summed E-state index contributed by atoms with van der Waals surface area (Å²) in [6.45, 7) is 4.11. The number of methoxy groups -OCH3 is 3. The molecule has 2 aromatic rings. The van der Waals surface area contributed by atoms with E-state index in [1.807, 2.05) is 25.1 Å². The first-order valence-corrected chi connectivity index (χ1v) is 7.60. The van der Waals surface area contributed by atoms with E-state index in [1.165, 1.54) is 31.4 Å². The first-order valence-electron chi connectivity index (χ1n) is 7.60. The van der Waals surface area contributed by atoms with Crippen molar-refractivity contribution in [2.24, 2.45) is 0 Å². The smallest absolute Gasteiger partial charge is 0.204 e. The molecular formula is C20H22O4. The molecule has 0 aromatic heterocycles. The largest absolute Gasteiger partial charge is 0.493 e. The number of ether oxygens (including phenoxy) is 3. The summed E-state index contributed by atoms with van der Waals surface area (Å²) < 4.78 is 15.9. The average Bonchev–Trinajstić information content (AvgIpc) is 2.60. The van der Waals surface area contributed by atoms with Crippen molar-refractivity contribution in [2.75, 3.05) is 21.3 Å². The molecule has 126 valence electrons. The molecule has 0 bridgehead atoms. The predicted octanol–water partition coefficient (Wildman–Crippen LogP) is 4.23. The third kappa shape index (κ3) is 3.59. The Kier molecular flexibility index (Phi) is 5.64. The number of allylic oxidation sites excluding steroid dienone is 1. The van der Waals surface area contributed by atoms with E-state index >= 15 is 0 Å². The van der Waals surface area contributed by atoms with E-state index < -0.39 is 0 Å². The molecule has 2 rings (SSSR count). The molecule has 0 heterocycles. The van der Waals surface area contributed by atoms with Gasteiger partial charge in [0.15, 0.2) is 17.3 Å². The third-order valence-corrected chi connectivity index (χ3v) is 3.93. The number of hydrogen-bond donors (Lipinski definition) is 0. The van der Waals surface area contributed by atoms with Gasteiger partial charge in [0.25, 0.3) is 0 Å². The molecule has 0 amide bonds. The van der Waals surface area contributed by atoms with Gasteiger partial charge in [-0.1, -0.05) is 24.3 Å². The zero-order valence-corrected chi connectivity index (χ0v) is 14.7. The van der Waals surface area contributed by atoms with Crippen molar-refractivity contribution < 1.29 is 19.0 Å². The lowest BCUT2D eigenvalue weighted by atomic mass is 10.0. The Hall–Kier alpha value is -2.75.